The summed E-state index contributed by atoms with van der Waals surface area (Å²) in [6.45, 7) is 3.52. The van der Waals surface area contributed by atoms with Crippen LogP contribution in [0.25, 0.3) is 0 Å². The first kappa shape index (κ1) is 14.2. The summed E-state index contributed by atoms with van der Waals surface area (Å²) >= 11 is 0. The molecule has 7 heteroatoms. The first-order chi connectivity index (χ1) is 7.80. The molecule has 4 nitrogen and oxygen atoms in total. The van der Waals surface area contributed by atoms with E-state index in [1.807, 2.05) is 13.8 Å². The van der Waals surface area contributed by atoms with E-state index < -0.39 is 18.8 Å². The molecule has 1 N–H and O–H groups in total. The van der Waals surface area contributed by atoms with Gasteiger partial charge in [0.15, 0.2) is 6.10 Å². The van der Waals surface area contributed by atoms with Crippen molar-refractivity contribution in [3.05, 3.63) is 0 Å². The maximum absolute atomic E-state index is 12.4. The second kappa shape index (κ2) is 5.68. The van der Waals surface area contributed by atoms with Gasteiger partial charge in [-0.05, 0) is 0 Å². The first-order valence-corrected chi connectivity index (χ1v) is 5.50. The molecular formula is C10H17F3N2O2. The number of hydrogen-bond donors (Lipinski definition) is 1. The van der Waals surface area contributed by atoms with E-state index >= 15 is 0 Å². The number of halogens is 3. The van der Waals surface area contributed by atoms with Crippen molar-refractivity contribution in [3.8, 4) is 0 Å². The molecule has 0 aromatic heterocycles. The molecule has 0 radical (unpaired) electrons. The minimum Gasteiger partial charge on any atom is -0.365 e. The highest BCUT2D eigenvalue weighted by Crippen LogP contribution is 2.25. The molecule has 1 aliphatic heterocycles. The van der Waals surface area contributed by atoms with Crippen LogP contribution < -0.4 is 5.32 Å². The van der Waals surface area contributed by atoms with Crippen molar-refractivity contribution in [2.75, 3.05) is 26.2 Å². The third-order valence-electron chi connectivity index (χ3n) is 2.45. The molecule has 1 fully saturated rings. The number of morpholine rings is 1. The maximum Gasteiger partial charge on any atom is 0.416 e. The number of amides is 1. The third kappa shape index (κ3) is 4.51. The summed E-state index contributed by atoms with van der Waals surface area (Å²) in [5.74, 6) is -0.323. The average molecular weight is 254 g/mol. The van der Waals surface area contributed by atoms with Gasteiger partial charge in [0.2, 0.25) is 5.91 Å². The van der Waals surface area contributed by atoms with Crippen molar-refractivity contribution in [2.24, 2.45) is 0 Å². The summed E-state index contributed by atoms with van der Waals surface area (Å²) in [6.07, 6.45) is -6.27. The molecule has 1 aliphatic rings. The summed E-state index contributed by atoms with van der Waals surface area (Å²) < 4.78 is 41.8. The van der Waals surface area contributed by atoms with Gasteiger partial charge in [-0.3, -0.25) is 4.79 Å². The van der Waals surface area contributed by atoms with Crippen molar-refractivity contribution >= 4 is 5.91 Å². The van der Waals surface area contributed by atoms with Gasteiger partial charge < -0.3 is 15.0 Å². The molecule has 17 heavy (non-hydrogen) atoms. The van der Waals surface area contributed by atoms with E-state index in [2.05, 4.69) is 10.1 Å². The lowest BCUT2D eigenvalue weighted by Crippen LogP contribution is -2.53. The molecule has 1 heterocycles. The highest BCUT2D eigenvalue weighted by Gasteiger charge is 2.44. The highest BCUT2D eigenvalue weighted by atomic mass is 19.4. The SMILES string of the molecule is CC(C)NCC(=O)N1CCO[C@@H](C(F)(F)F)C1. The number of carbonyl (C=O) groups excluding carboxylic acids is 1. The molecule has 0 bridgehead atoms. The molecule has 100 valence electrons. The molecule has 0 unspecified atom stereocenters. The van der Waals surface area contributed by atoms with E-state index in [-0.39, 0.29) is 31.6 Å². The van der Waals surface area contributed by atoms with Gasteiger partial charge in [-0.2, -0.15) is 13.2 Å². The van der Waals surface area contributed by atoms with Crippen LogP contribution >= 0.6 is 0 Å². The van der Waals surface area contributed by atoms with Crippen LogP contribution in [0.1, 0.15) is 13.8 Å². The number of ether oxygens (including phenoxy) is 1. The van der Waals surface area contributed by atoms with E-state index in [1.165, 1.54) is 4.90 Å². The highest BCUT2D eigenvalue weighted by molar-refractivity contribution is 5.78. The van der Waals surface area contributed by atoms with Crippen LogP contribution in [0.15, 0.2) is 0 Å². The minimum absolute atomic E-state index is 0.0578. The van der Waals surface area contributed by atoms with Crippen LogP contribution in [0.3, 0.4) is 0 Å². The number of rotatable bonds is 3. The number of carbonyl (C=O) groups is 1. The summed E-state index contributed by atoms with van der Waals surface area (Å²) in [6, 6.07) is 0.124. The van der Waals surface area contributed by atoms with Crippen LogP contribution in [0.4, 0.5) is 13.2 Å². The maximum atomic E-state index is 12.4. The average Bonchev–Trinajstić information content (AvgIpc) is 2.25. The number of nitrogens with zero attached hydrogens (tertiary/aromatic N) is 1. The molecule has 1 saturated heterocycles. The Morgan fingerprint density at radius 2 is 2.18 bits per heavy atom. The third-order valence-corrected chi connectivity index (χ3v) is 2.45. The minimum atomic E-state index is -4.41. The zero-order chi connectivity index (χ0) is 13.1. The van der Waals surface area contributed by atoms with Crippen LogP contribution in [0, 0.1) is 0 Å². The van der Waals surface area contributed by atoms with E-state index in [4.69, 9.17) is 0 Å². The molecule has 1 amide bonds. The molecule has 0 aromatic carbocycles. The lowest BCUT2D eigenvalue weighted by Gasteiger charge is -2.34. The van der Waals surface area contributed by atoms with Crippen molar-refractivity contribution in [2.45, 2.75) is 32.2 Å². The Morgan fingerprint density at radius 3 is 2.71 bits per heavy atom. The van der Waals surface area contributed by atoms with E-state index in [0.717, 1.165) is 0 Å². The molecule has 0 spiro atoms. The van der Waals surface area contributed by atoms with Gasteiger partial charge in [0.25, 0.3) is 0 Å². The Bertz CT molecular complexity index is 269. The van der Waals surface area contributed by atoms with Crippen LogP contribution in [0.5, 0.6) is 0 Å². The number of alkyl halides is 3. The Hall–Kier alpha value is -0.820. The molecule has 1 atom stereocenters. The van der Waals surface area contributed by atoms with Crippen molar-refractivity contribution < 1.29 is 22.7 Å². The van der Waals surface area contributed by atoms with Crippen LogP contribution in [-0.2, 0) is 9.53 Å². The lowest BCUT2D eigenvalue weighted by atomic mass is 10.2. The van der Waals surface area contributed by atoms with Gasteiger partial charge in [0.05, 0.1) is 19.7 Å². The Balaban J connectivity index is 2.46. The zero-order valence-electron chi connectivity index (χ0n) is 9.88. The van der Waals surface area contributed by atoms with Gasteiger partial charge in [-0.15, -0.1) is 0 Å². The Morgan fingerprint density at radius 1 is 1.53 bits per heavy atom. The zero-order valence-corrected chi connectivity index (χ0v) is 9.88. The molecule has 0 aromatic rings. The molecular weight excluding hydrogens is 237 g/mol. The monoisotopic (exact) mass is 254 g/mol. The fourth-order valence-corrected chi connectivity index (χ4v) is 1.48. The molecule has 0 aliphatic carbocycles. The Labute approximate surface area is 98.1 Å². The van der Waals surface area contributed by atoms with Gasteiger partial charge >= 0.3 is 6.18 Å². The molecule has 0 saturated carbocycles. The lowest BCUT2D eigenvalue weighted by molar-refractivity contribution is -0.236. The van der Waals surface area contributed by atoms with Gasteiger partial charge in [0.1, 0.15) is 0 Å². The summed E-state index contributed by atoms with van der Waals surface area (Å²) in [5, 5.41) is 2.88. The standard InChI is InChI=1S/C10H17F3N2O2/c1-7(2)14-5-9(16)15-3-4-17-8(6-15)10(11,12)13/h7-8,14H,3-6H2,1-2H3/t8-/m1/s1. The fourth-order valence-electron chi connectivity index (χ4n) is 1.48. The van der Waals surface area contributed by atoms with Crippen molar-refractivity contribution in [1.29, 1.82) is 0 Å². The van der Waals surface area contributed by atoms with E-state index in [0.29, 0.717) is 0 Å². The summed E-state index contributed by atoms with van der Waals surface area (Å²) in [4.78, 5) is 12.8. The smallest absolute Gasteiger partial charge is 0.365 e. The van der Waals surface area contributed by atoms with Gasteiger partial charge in [0, 0.05) is 12.6 Å². The van der Waals surface area contributed by atoms with Crippen molar-refractivity contribution in [1.82, 2.24) is 10.2 Å². The van der Waals surface area contributed by atoms with Gasteiger partial charge in [-0.1, -0.05) is 13.8 Å². The largest absolute Gasteiger partial charge is 0.416 e. The Kier molecular flexibility index (Phi) is 4.76. The van der Waals surface area contributed by atoms with E-state index in [1.54, 1.807) is 0 Å². The molecule has 1 rings (SSSR count). The van der Waals surface area contributed by atoms with Gasteiger partial charge in [-0.25, -0.2) is 0 Å². The van der Waals surface area contributed by atoms with E-state index in [9.17, 15) is 18.0 Å². The summed E-state index contributed by atoms with van der Waals surface area (Å²) in [7, 11) is 0. The first-order valence-electron chi connectivity index (χ1n) is 5.50. The second-order valence-corrected chi connectivity index (χ2v) is 4.28. The quantitative estimate of drug-likeness (QED) is 0.809. The number of hydrogen-bond acceptors (Lipinski definition) is 3. The predicted molar refractivity (Wildman–Crippen MR) is 55.5 cm³/mol. The number of nitrogens with one attached hydrogen (secondary N) is 1. The topological polar surface area (TPSA) is 41.6 Å². The predicted octanol–water partition coefficient (Wildman–Crippen LogP) is 0.774. The fraction of sp³-hybridized carbons (Fsp3) is 0.900. The normalized spacial score (nSPS) is 22.0. The second-order valence-electron chi connectivity index (χ2n) is 4.28. The van der Waals surface area contributed by atoms with Crippen LogP contribution in [-0.4, -0.2) is 55.4 Å². The summed E-state index contributed by atoms with van der Waals surface area (Å²) in [5.41, 5.74) is 0. The van der Waals surface area contributed by atoms with Crippen LogP contribution in [0.2, 0.25) is 0 Å². The van der Waals surface area contributed by atoms with Crippen molar-refractivity contribution in [3.63, 3.8) is 0 Å².